The number of pyridine rings is 2. The smallest absolute Gasteiger partial charge is 0.227 e. The van der Waals surface area contributed by atoms with Gasteiger partial charge < -0.3 is 4.42 Å². The van der Waals surface area contributed by atoms with Crippen LogP contribution >= 0.6 is 0 Å². The highest BCUT2D eigenvalue weighted by atomic mass is 16.3. The van der Waals surface area contributed by atoms with Gasteiger partial charge in [-0.2, -0.15) is 0 Å². The van der Waals surface area contributed by atoms with E-state index in [0.717, 1.165) is 21.9 Å². The first kappa shape index (κ1) is 11.8. The summed E-state index contributed by atoms with van der Waals surface area (Å²) in [6.45, 7) is 3.67. The third kappa shape index (κ3) is 2.70. The van der Waals surface area contributed by atoms with Crippen molar-refractivity contribution in [3.8, 4) is 11.3 Å². The Morgan fingerprint density at radius 2 is 1.96 bits per heavy atom. The summed E-state index contributed by atoms with van der Waals surface area (Å²) in [5, 5.41) is 1.62. The van der Waals surface area contributed by atoms with E-state index >= 15 is 0 Å². The molecule has 0 radical (unpaired) electrons. The number of para-hydroxylation sites is 1. The summed E-state index contributed by atoms with van der Waals surface area (Å²) >= 11 is 0. The minimum Gasteiger partial charge on any atom is -0.437 e. The van der Waals surface area contributed by atoms with Crippen LogP contribution in [0.15, 0.2) is 53.1 Å². The zero-order valence-corrected chi connectivity index (χ0v) is 14.5. The fraction of sp³-hybridized carbons (Fsp3) is 0.273. The maximum Gasteiger partial charge on any atom is 0.227 e. The van der Waals surface area contributed by atoms with E-state index < -0.39 is 12.7 Å². The van der Waals surface area contributed by atoms with Gasteiger partial charge in [0.2, 0.25) is 5.71 Å². The fourth-order valence-electron chi connectivity index (χ4n) is 3.04. The third-order valence-electron chi connectivity index (χ3n) is 4.72. The van der Waals surface area contributed by atoms with Crippen LogP contribution in [0.2, 0.25) is 0 Å². The molecule has 1 unspecified atom stereocenters. The zero-order chi connectivity index (χ0) is 21.0. The fourth-order valence-corrected chi connectivity index (χ4v) is 3.04. The molecule has 0 fully saturated rings. The van der Waals surface area contributed by atoms with Crippen molar-refractivity contribution in [2.45, 2.75) is 33.5 Å². The van der Waals surface area contributed by atoms with Crippen molar-refractivity contribution in [1.82, 2.24) is 9.97 Å². The Morgan fingerprint density at radius 1 is 1.08 bits per heavy atom. The highest BCUT2D eigenvalue weighted by Crippen LogP contribution is 2.35. The lowest BCUT2D eigenvalue weighted by Crippen LogP contribution is -2.02. The lowest BCUT2D eigenvalue weighted by Gasteiger charge is -2.16. The summed E-state index contributed by atoms with van der Waals surface area (Å²) in [6.07, 6.45) is 1.71. The first-order chi connectivity index (χ1) is 13.6. The molecule has 4 aromatic rings. The van der Waals surface area contributed by atoms with Crippen molar-refractivity contribution < 1.29 is 9.90 Å². The Morgan fingerprint density at radius 3 is 2.76 bits per heavy atom. The summed E-state index contributed by atoms with van der Waals surface area (Å²) in [5.41, 5.74) is 3.30. The number of hydrogen-bond donors (Lipinski definition) is 0. The molecule has 0 aliphatic rings. The second kappa shape index (κ2) is 5.99. The molecule has 1 aromatic carbocycles. The molecule has 0 saturated heterocycles. The van der Waals surface area contributed by atoms with Crippen molar-refractivity contribution in [3.05, 3.63) is 59.9 Å². The lowest BCUT2D eigenvalue weighted by molar-refractivity contribution is 0.535. The Balaban J connectivity index is 1.91. The van der Waals surface area contributed by atoms with Gasteiger partial charge >= 0.3 is 0 Å². The molecule has 3 heterocycles. The molecular weight excluding hydrogens is 308 g/mol. The van der Waals surface area contributed by atoms with Gasteiger partial charge in [0.05, 0.1) is 5.69 Å². The number of aryl methyl sites for hydroxylation is 1. The number of rotatable bonds is 3. The molecular formula is C22H22N2O. The average Bonchev–Trinajstić information content (AvgIpc) is 3.05. The van der Waals surface area contributed by atoms with Gasteiger partial charge in [-0.05, 0) is 54.6 Å². The summed E-state index contributed by atoms with van der Waals surface area (Å²) in [5.74, 6) is -0.599. The third-order valence-corrected chi connectivity index (χ3v) is 4.72. The minimum absolute atomic E-state index is 0.00707. The van der Waals surface area contributed by atoms with Gasteiger partial charge in [0.1, 0.15) is 5.58 Å². The molecule has 126 valence electrons. The van der Waals surface area contributed by atoms with Crippen molar-refractivity contribution in [1.29, 1.82) is 0 Å². The van der Waals surface area contributed by atoms with Crippen molar-refractivity contribution >= 4 is 22.1 Å². The standard InChI is InChI=1S/C22H22N2O/c1-13(2)15(4)16-10-11-23-20(12-16)19-7-5-6-17-18-9-8-14(3)24-22(18)25-21(17)19/h5-13,15H,1-4H3/i3D3,15D. The Kier molecular flexibility index (Phi) is 2.83. The van der Waals surface area contributed by atoms with Crippen molar-refractivity contribution in [2.24, 2.45) is 5.92 Å². The summed E-state index contributed by atoms with van der Waals surface area (Å²) in [6, 6.07) is 12.8. The van der Waals surface area contributed by atoms with Gasteiger partial charge in [-0.3, -0.25) is 4.98 Å². The second-order valence-electron chi connectivity index (χ2n) is 6.60. The van der Waals surface area contributed by atoms with E-state index in [-0.39, 0.29) is 11.6 Å². The van der Waals surface area contributed by atoms with E-state index in [1.165, 1.54) is 6.07 Å². The average molecular weight is 334 g/mol. The topological polar surface area (TPSA) is 38.9 Å². The van der Waals surface area contributed by atoms with E-state index in [2.05, 4.69) is 9.97 Å². The van der Waals surface area contributed by atoms with Crippen LogP contribution in [-0.2, 0) is 0 Å². The molecule has 0 aliphatic heterocycles. The molecule has 4 rings (SSSR count). The molecule has 1 atom stereocenters. The number of nitrogens with zero attached hydrogens (tertiary/aromatic N) is 2. The van der Waals surface area contributed by atoms with Gasteiger partial charge in [-0.1, -0.05) is 32.9 Å². The van der Waals surface area contributed by atoms with E-state index in [1.54, 1.807) is 12.3 Å². The first-order valence-electron chi connectivity index (χ1n) is 10.4. The van der Waals surface area contributed by atoms with Crippen LogP contribution in [0.1, 0.15) is 43.4 Å². The molecule has 3 aromatic heterocycles. The monoisotopic (exact) mass is 334 g/mol. The number of fused-ring (bicyclic) bond motifs is 3. The van der Waals surface area contributed by atoms with E-state index in [0.29, 0.717) is 17.0 Å². The summed E-state index contributed by atoms with van der Waals surface area (Å²) < 4.78 is 37.4. The number of hydrogen-bond acceptors (Lipinski definition) is 3. The molecule has 0 saturated carbocycles. The highest BCUT2D eigenvalue weighted by molar-refractivity contribution is 6.08. The van der Waals surface area contributed by atoms with Gasteiger partial charge in [0.25, 0.3) is 0 Å². The van der Waals surface area contributed by atoms with Crippen LogP contribution < -0.4 is 0 Å². The molecule has 0 bridgehead atoms. The van der Waals surface area contributed by atoms with Crippen LogP contribution in [0.4, 0.5) is 0 Å². The number of benzene rings is 1. The maximum absolute atomic E-state index is 8.70. The zero-order valence-electron chi connectivity index (χ0n) is 18.5. The van der Waals surface area contributed by atoms with Crippen LogP contribution in [0.25, 0.3) is 33.3 Å². The van der Waals surface area contributed by atoms with Crippen LogP contribution in [0.3, 0.4) is 0 Å². The van der Waals surface area contributed by atoms with E-state index in [1.807, 2.05) is 51.1 Å². The Bertz CT molecular complexity index is 1210. The SMILES string of the molecule is [2H]C([2H])([2H])c1ccc2c(n1)oc1c(-c3cc(C([2H])(C)C(C)C)ccn3)cccc12. The highest BCUT2D eigenvalue weighted by Gasteiger charge is 2.16. The van der Waals surface area contributed by atoms with E-state index in [4.69, 9.17) is 9.90 Å². The largest absolute Gasteiger partial charge is 0.437 e. The predicted molar refractivity (Wildman–Crippen MR) is 103 cm³/mol. The van der Waals surface area contributed by atoms with Gasteiger partial charge in [0.15, 0.2) is 0 Å². The molecule has 0 aliphatic carbocycles. The Hall–Kier alpha value is -2.68. The molecule has 3 heteroatoms. The van der Waals surface area contributed by atoms with Crippen LogP contribution in [0.5, 0.6) is 0 Å². The number of aromatic nitrogens is 2. The predicted octanol–water partition coefficient (Wildman–Crippen LogP) is 6.11. The van der Waals surface area contributed by atoms with Crippen LogP contribution in [-0.4, -0.2) is 9.97 Å². The molecule has 0 N–H and O–H groups in total. The first-order valence-corrected chi connectivity index (χ1v) is 8.38. The van der Waals surface area contributed by atoms with Gasteiger partial charge in [-0.15, -0.1) is 0 Å². The lowest BCUT2D eigenvalue weighted by atomic mass is 9.90. The minimum atomic E-state index is -2.29. The molecule has 25 heavy (non-hydrogen) atoms. The summed E-state index contributed by atoms with van der Waals surface area (Å²) in [4.78, 5) is 8.72. The second-order valence-corrected chi connectivity index (χ2v) is 6.60. The molecule has 3 nitrogen and oxygen atoms in total. The maximum atomic E-state index is 8.70. The van der Waals surface area contributed by atoms with Crippen molar-refractivity contribution in [3.63, 3.8) is 0 Å². The summed E-state index contributed by atoms with van der Waals surface area (Å²) in [7, 11) is 0. The molecule has 0 amide bonds. The van der Waals surface area contributed by atoms with Gasteiger partial charge in [0, 0.05) is 33.7 Å². The van der Waals surface area contributed by atoms with Gasteiger partial charge in [-0.25, -0.2) is 4.98 Å². The molecule has 0 spiro atoms. The quantitative estimate of drug-likeness (QED) is 0.453. The normalized spacial score (nSPS) is 17.1. The van der Waals surface area contributed by atoms with E-state index in [9.17, 15) is 0 Å². The van der Waals surface area contributed by atoms with Crippen molar-refractivity contribution in [2.75, 3.05) is 0 Å². The number of furan rings is 1. The Labute approximate surface area is 153 Å². The van der Waals surface area contributed by atoms with Crippen LogP contribution in [0, 0.1) is 12.8 Å².